The molecule has 0 fully saturated rings. The Morgan fingerprint density at radius 3 is 1.48 bits per heavy atom. The minimum atomic E-state index is -0.896. The van der Waals surface area contributed by atoms with Gasteiger partial charge in [0.2, 0.25) is 17.7 Å². The molecule has 25 heavy (non-hydrogen) atoms. The Morgan fingerprint density at radius 1 is 0.760 bits per heavy atom. The maximum atomic E-state index is 12.1. The molecule has 0 radical (unpaired) electrons. The highest BCUT2D eigenvalue weighted by Crippen LogP contribution is 2.08. The summed E-state index contributed by atoms with van der Waals surface area (Å²) in [5, 5.41) is 7.35. The van der Waals surface area contributed by atoms with Crippen molar-refractivity contribution >= 4 is 23.7 Å². The number of carbonyl (C=O) groups is 4. The van der Waals surface area contributed by atoms with Gasteiger partial charge < -0.3 is 26.4 Å². The van der Waals surface area contributed by atoms with Gasteiger partial charge in [0, 0.05) is 0 Å². The second kappa shape index (κ2) is 9.36. The number of hydrogen-bond acceptors (Lipinski definition) is 6. The van der Waals surface area contributed by atoms with Crippen LogP contribution >= 0.6 is 0 Å². The molecule has 0 aromatic heterocycles. The Morgan fingerprint density at radius 2 is 1.12 bits per heavy atom. The predicted molar refractivity (Wildman–Crippen MR) is 92.3 cm³/mol. The molecule has 0 aliphatic heterocycles. The largest absolute Gasteiger partial charge is 0.458 e. The lowest BCUT2D eigenvalue weighted by molar-refractivity contribution is -0.158. The molecule has 0 aliphatic carbocycles. The van der Waals surface area contributed by atoms with Gasteiger partial charge in [0.15, 0.2) is 0 Å². The van der Waals surface area contributed by atoms with Gasteiger partial charge in [-0.05, 0) is 48.5 Å². The SMILES string of the molecule is CC(N)C(=O)NC(C)C(=O)NC(C)C(=O)NC(C)C(=O)OC(C)(C)C. The van der Waals surface area contributed by atoms with Crippen molar-refractivity contribution in [2.75, 3.05) is 0 Å². The summed E-state index contributed by atoms with van der Waals surface area (Å²) in [5.74, 6) is -2.13. The molecule has 0 saturated heterocycles. The summed E-state index contributed by atoms with van der Waals surface area (Å²) in [6.45, 7) is 11.1. The first kappa shape index (κ1) is 22.8. The second-order valence-electron chi connectivity index (χ2n) is 7.01. The van der Waals surface area contributed by atoms with E-state index in [-0.39, 0.29) is 0 Å². The molecule has 5 N–H and O–H groups in total. The van der Waals surface area contributed by atoms with Crippen LogP contribution in [0.4, 0.5) is 0 Å². The van der Waals surface area contributed by atoms with E-state index in [1.54, 1.807) is 20.8 Å². The minimum Gasteiger partial charge on any atom is -0.458 e. The number of rotatable bonds is 7. The van der Waals surface area contributed by atoms with Gasteiger partial charge in [0.05, 0.1) is 6.04 Å². The van der Waals surface area contributed by atoms with Crippen LogP contribution in [0.3, 0.4) is 0 Å². The van der Waals surface area contributed by atoms with E-state index in [0.717, 1.165) is 0 Å². The van der Waals surface area contributed by atoms with Gasteiger partial charge in [-0.3, -0.25) is 14.4 Å². The van der Waals surface area contributed by atoms with E-state index in [9.17, 15) is 19.2 Å². The number of carbonyl (C=O) groups excluding carboxylic acids is 4. The molecule has 0 aromatic rings. The first-order valence-electron chi connectivity index (χ1n) is 8.14. The number of amides is 3. The molecule has 4 atom stereocenters. The van der Waals surface area contributed by atoms with Crippen LogP contribution in [0.5, 0.6) is 0 Å². The van der Waals surface area contributed by atoms with E-state index < -0.39 is 53.5 Å². The fourth-order valence-corrected chi connectivity index (χ4v) is 1.60. The van der Waals surface area contributed by atoms with Gasteiger partial charge in [-0.25, -0.2) is 4.79 Å². The van der Waals surface area contributed by atoms with Crippen molar-refractivity contribution in [1.82, 2.24) is 16.0 Å². The molecule has 3 amide bonds. The molecular weight excluding hydrogens is 328 g/mol. The highest BCUT2D eigenvalue weighted by molar-refractivity contribution is 5.93. The molecule has 144 valence electrons. The molecule has 4 unspecified atom stereocenters. The fraction of sp³-hybridized carbons (Fsp3) is 0.750. The van der Waals surface area contributed by atoms with Crippen LogP contribution in [-0.2, 0) is 23.9 Å². The third kappa shape index (κ3) is 9.04. The summed E-state index contributed by atoms with van der Waals surface area (Å²) < 4.78 is 5.17. The Bertz CT molecular complexity index is 513. The van der Waals surface area contributed by atoms with Crippen molar-refractivity contribution in [2.24, 2.45) is 5.73 Å². The first-order valence-corrected chi connectivity index (χ1v) is 8.14. The molecule has 0 aromatic carbocycles. The van der Waals surface area contributed by atoms with Crippen molar-refractivity contribution < 1.29 is 23.9 Å². The van der Waals surface area contributed by atoms with E-state index in [4.69, 9.17) is 10.5 Å². The number of ether oxygens (including phenoxy) is 1. The highest BCUT2D eigenvalue weighted by Gasteiger charge is 2.26. The average molecular weight is 358 g/mol. The lowest BCUT2D eigenvalue weighted by atomic mass is 10.2. The van der Waals surface area contributed by atoms with Gasteiger partial charge >= 0.3 is 5.97 Å². The normalized spacial score (nSPS) is 16.0. The average Bonchev–Trinajstić information content (AvgIpc) is 2.44. The summed E-state index contributed by atoms with van der Waals surface area (Å²) in [5.41, 5.74) is 4.75. The van der Waals surface area contributed by atoms with Crippen LogP contribution in [0.15, 0.2) is 0 Å². The van der Waals surface area contributed by atoms with Crippen molar-refractivity contribution in [1.29, 1.82) is 0 Å². The summed E-state index contributed by atoms with van der Waals surface area (Å²) in [4.78, 5) is 47.4. The van der Waals surface area contributed by atoms with E-state index in [1.165, 1.54) is 27.7 Å². The van der Waals surface area contributed by atoms with Crippen LogP contribution in [-0.4, -0.2) is 53.5 Å². The van der Waals surface area contributed by atoms with Crippen LogP contribution in [0.25, 0.3) is 0 Å². The van der Waals surface area contributed by atoms with Crippen LogP contribution in [0, 0.1) is 0 Å². The van der Waals surface area contributed by atoms with E-state index in [1.807, 2.05) is 0 Å². The fourth-order valence-electron chi connectivity index (χ4n) is 1.60. The standard InChI is InChI=1S/C16H30N4O5/c1-8(17)12(21)18-9(2)13(22)19-10(3)14(23)20-11(4)15(24)25-16(5,6)7/h8-11H,17H2,1-7H3,(H,18,21)(H,19,22)(H,20,23). The molecule has 9 nitrogen and oxygen atoms in total. The van der Waals surface area contributed by atoms with Crippen molar-refractivity contribution in [3.8, 4) is 0 Å². The quantitative estimate of drug-likeness (QED) is 0.439. The summed E-state index contributed by atoms with van der Waals surface area (Å²) in [6, 6.07) is -3.35. The zero-order valence-electron chi connectivity index (χ0n) is 15.9. The Balaban J connectivity index is 4.52. The van der Waals surface area contributed by atoms with Crippen molar-refractivity contribution in [3.63, 3.8) is 0 Å². The molecular formula is C16H30N4O5. The maximum Gasteiger partial charge on any atom is 0.328 e. The third-order valence-electron chi connectivity index (χ3n) is 3.04. The van der Waals surface area contributed by atoms with Gasteiger partial charge in [0.1, 0.15) is 23.7 Å². The summed E-state index contributed by atoms with van der Waals surface area (Å²) >= 11 is 0. The molecule has 0 heterocycles. The molecule has 9 heteroatoms. The lowest BCUT2D eigenvalue weighted by Crippen LogP contribution is -2.55. The van der Waals surface area contributed by atoms with Crippen LogP contribution in [0.1, 0.15) is 48.5 Å². The van der Waals surface area contributed by atoms with Crippen LogP contribution < -0.4 is 21.7 Å². The highest BCUT2D eigenvalue weighted by atomic mass is 16.6. The molecule has 0 rings (SSSR count). The van der Waals surface area contributed by atoms with E-state index in [2.05, 4.69) is 16.0 Å². The summed E-state index contributed by atoms with van der Waals surface area (Å²) in [6.07, 6.45) is 0. The van der Waals surface area contributed by atoms with Gasteiger partial charge in [-0.15, -0.1) is 0 Å². The topological polar surface area (TPSA) is 140 Å². The first-order chi connectivity index (χ1) is 11.2. The Hall–Kier alpha value is -2.16. The number of nitrogens with one attached hydrogen (secondary N) is 3. The van der Waals surface area contributed by atoms with E-state index >= 15 is 0 Å². The Labute approximate surface area is 148 Å². The van der Waals surface area contributed by atoms with Gasteiger partial charge in [-0.1, -0.05) is 0 Å². The second-order valence-corrected chi connectivity index (χ2v) is 7.01. The smallest absolute Gasteiger partial charge is 0.328 e. The van der Waals surface area contributed by atoms with Crippen molar-refractivity contribution in [3.05, 3.63) is 0 Å². The maximum absolute atomic E-state index is 12.1. The predicted octanol–water partition coefficient (Wildman–Crippen LogP) is -0.811. The lowest BCUT2D eigenvalue weighted by Gasteiger charge is -2.24. The zero-order chi connectivity index (χ0) is 19.9. The van der Waals surface area contributed by atoms with Gasteiger partial charge in [-0.2, -0.15) is 0 Å². The minimum absolute atomic E-state index is 0.474. The number of esters is 1. The summed E-state index contributed by atoms with van der Waals surface area (Å²) in [7, 11) is 0. The third-order valence-corrected chi connectivity index (χ3v) is 3.04. The number of hydrogen-bond donors (Lipinski definition) is 4. The number of nitrogens with two attached hydrogens (primary N) is 1. The monoisotopic (exact) mass is 358 g/mol. The molecule has 0 saturated carbocycles. The zero-order valence-corrected chi connectivity index (χ0v) is 15.9. The molecule has 0 spiro atoms. The Kier molecular flexibility index (Phi) is 8.55. The van der Waals surface area contributed by atoms with Gasteiger partial charge in [0.25, 0.3) is 0 Å². The van der Waals surface area contributed by atoms with Crippen molar-refractivity contribution in [2.45, 2.75) is 78.2 Å². The molecule has 0 bridgehead atoms. The van der Waals surface area contributed by atoms with Crippen LogP contribution in [0.2, 0.25) is 0 Å². The van der Waals surface area contributed by atoms with E-state index in [0.29, 0.717) is 0 Å². The molecule has 0 aliphatic rings.